The summed E-state index contributed by atoms with van der Waals surface area (Å²) < 4.78 is 0. The summed E-state index contributed by atoms with van der Waals surface area (Å²) in [5, 5.41) is 12.9. The van der Waals surface area contributed by atoms with E-state index in [1.807, 2.05) is 6.92 Å². The summed E-state index contributed by atoms with van der Waals surface area (Å²) in [6, 6.07) is 8.16. The molecule has 1 aromatic heterocycles. The lowest BCUT2D eigenvalue weighted by molar-refractivity contribution is -0.114. The molecule has 0 unspecified atom stereocenters. The number of hydrogen-bond acceptors (Lipinski definition) is 4. The number of nitrogens with one attached hydrogen (secondary N) is 2. The first kappa shape index (κ1) is 14.9. The molecule has 2 N–H and O–H groups in total. The molecule has 2 rings (SSSR count). The van der Waals surface area contributed by atoms with Crippen molar-refractivity contribution in [1.29, 1.82) is 0 Å². The maximum atomic E-state index is 12.0. The number of benzene rings is 1. The number of amides is 2. The Morgan fingerprint density at radius 1 is 1.10 bits per heavy atom. The van der Waals surface area contributed by atoms with Crippen LogP contribution in [0.5, 0.6) is 0 Å². The highest BCUT2D eigenvalue weighted by molar-refractivity contribution is 6.29. The van der Waals surface area contributed by atoms with Crippen LogP contribution >= 0.6 is 11.6 Å². The van der Waals surface area contributed by atoms with Crippen LogP contribution in [0.1, 0.15) is 23.0 Å². The van der Waals surface area contributed by atoms with E-state index in [0.717, 1.165) is 5.56 Å². The van der Waals surface area contributed by atoms with E-state index in [2.05, 4.69) is 20.8 Å². The Balaban J connectivity index is 2.12. The molecular weight excluding hydrogens is 292 g/mol. The molecule has 0 bridgehead atoms. The molecule has 1 aromatic carbocycles. The smallest absolute Gasteiger partial charge is 0.276 e. The fourth-order valence-corrected chi connectivity index (χ4v) is 1.80. The standard InChI is InChI=1S/C14H13ClN4O2/c1-8-7-10(3-4-11(8)16-9(2)20)17-14(21)12-5-6-13(15)19-18-12/h3-7H,1-2H3,(H,16,20)(H,17,21). The van der Waals surface area contributed by atoms with Crippen molar-refractivity contribution in [2.45, 2.75) is 13.8 Å². The molecule has 6 nitrogen and oxygen atoms in total. The van der Waals surface area contributed by atoms with Crippen LogP contribution in [0.15, 0.2) is 30.3 Å². The van der Waals surface area contributed by atoms with Gasteiger partial charge >= 0.3 is 0 Å². The molecule has 7 heteroatoms. The van der Waals surface area contributed by atoms with Gasteiger partial charge in [0.15, 0.2) is 10.8 Å². The minimum Gasteiger partial charge on any atom is -0.326 e. The Labute approximate surface area is 126 Å². The predicted octanol–water partition coefficient (Wildman–Crippen LogP) is 2.65. The number of rotatable bonds is 3. The number of aryl methyl sites for hydroxylation is 1. The van der Waals surface area contributed by atoms with Crippen molar-refractivity contribution < 1.29 is 9.59 Å². The van der Waals surface area contributed by atoms with Gasteiger partial charge in [-0.2, -0.15) is 0 Å². The zero-order chi connectivity index (χ0) is 15.4. The van der Waals surface area contributed by atoms with Crippen LogP contribution < -0.4 is 10.6 Å². The van der Waals surface area contributed by atoms with Gasteiger partial charge in [-0.15, -0.1) is 10.2 Å². The molecule has 0 aliphatic heterocycles. The van der Waals surface area contributed by atoms with E-state index >= 15 is 0 Å². The molecule has 0 aliphatic carbocycles. The van der Waals surface area contributed by atoms with Crippen LogP contribution in [0, 0.1) is 6.92 Å². The molecule has 0 saturated carbocycles. The van der Waals surface area contributed by atoms with Crippen molar-refractivity contribution in [2.24, 2.45) is 0 Å². The van der Waals surface area contributed by atoms with Crippen molar-refractivity contribution in [3.8, 4) is 0 Å². The Morgan fingerprint density at radius 2 is 1.86 bits per heavy atom. The molecular formula is C14H13ClN4O2. The zero-order valence-electron chi connectivity index (χ0n) is 11.5. The Bertz CT molecular complexity index is 686. The monoisotopic (exact) mass is 304 g/mol. The van der Waals surface area contributed by atoms with Gasteiger partial charge in [0, 0.05) is 18.3 Å². The number of anilines is 2. The molecule has 0 aliphatic rings. The van der Waals surface area contributed by atoms with Crippen LogP contribution in [0.2, 0.25) is 5.15 Å². The topological polar surface area (TPSA) is 84.0 Å². The van der Waals surface area contributed by atoms with Crippen molar-refractivity contribution >= 4 is 34.8 Å². The molecule has 2 amide bonds. The first-order chi connectivity index (χ1) is 9.95. The second-order valence-corrected chi connectivity index (χ2v) is 4.79. The Hall–Kier alpha value is -2.47. The molecule has 0 fully saturated rings. The van der Waals surface area contributed by atoms with Gasteiger partial charge in [-0.25, -0.2) is 0 Å². The van der Waals surface area contributed by atoms with Gasteiger partial charge in [0.05, 0.1) is 0 Å². The quantitative estimate of drug-likeness (QED) is 0.913. The highest BCUT2D eigenvalue weighted by Crippen LogP contribution is 2.20. The van der Waals surface area contributed by atoms with E-state index in [-0.39, 0.29) is 22.7 Å². The third-order valence-electron chi connectivity index (χ3n) is 2.66. The molecule has 0 atom stereocenters. The van der Waals surface area contributed by atoms with Gasteiger partial charge in [0.2, 0.25) is 5.91 Å². The minimum absolute atomic E-state index is 0.147. The second kappa shape index (κ2) is 6.32. The molecule has 0 spiro atoms. The fourth-order valence-electron chi connectivity index (χ4n) is 1.70. The normalized spacial score (nSPS) is 10.0. The number of carbonyl (C=O) groups excluding carboxylic acids is 2. The van der Waals surface area contributed by atoms with Crippen LogP contribution in [0.3, 0.4) is 0 Å². The van der Waals surface area contributed by atoms with Gasteiger partial charge < -0.3 is 10.6 Å². The lowest BCUT2D eigenvalue weighted by atomic mass is 10.1. The predicted molar refractivity (Wildman–Crippen MR) is 80.5 cm³/mol. The summed E-state index contributed by atoms with van der Waals surface area (Å²) in [5.74, 6) is -0.530. The zero-order valence-corrected chi connectivity index (χ0v) is 12.2. The molecule has 0 radical (unpaired) electrons. The lowest BCUT2D eigenvalue weighted by Gasteiger charge is -2.09. The Morgan fingerprint density at radius 3 is 2.43 bits per heavy atom. The van der Waals surface area contributed by atoms with E-state index < -0.39 is 0 Å². The van der Waals surface area contributed by atoms with Crippen molar-refractivity contribution in [1.82, 2.24) is 10.2 Å². The van der Waals surface area contributed by atoms with E-state index in [9.17, 15) is 9.59 Å². The third kappa shape index (κ3) is 4.00. The highest BCUT2D eigenvalue weighted by atomic mass is 35.5. The molecule has 108 valence electrons. The average Bonchev–Trinajstić information content (AvgIpc) is 2.42. The molecule has 0 saturated heterocycles. The Kier molecular flexibility index (Phi) is 4.49. The lowest BCUT2D eigenvalue weighted by Crippen LogP contribution is -2.14. The summed E-state index contributed by atoms with van der Waals surface area (Å²) in [6.45, 7) is 3.28. The highest BCUT2D eigenvalue weighted by Gasteiger charge is 2.09. The minimum atomic E-state index is -0.383. The van der Waals surface area contributed by atoms with E-state index in [0.29, 0.717) is 11.4 Å². The summed E-state index contributed by atoms with van der Waals surface area (Å²) in [7, 11) is 0. The average molecular weight is 305 g/mol. The van der Waals surface area contributed by atoms with Gasteiger partial charge in [-0.1, -0.05) is 11.6 Å². The first-order valence-electron chi connectivity index (χ1n) is 6.14. The van der Waals surface area contributed by atoms with Gasteiger partial charge in [0.25, 0.3) is 5.91 Å². The van der Waals surface area contributed by atoms with Crippen molar-refractivity contribution in [2.75, 3.05) is 10.6 Å². The van der Waals surface area contributed by atoms with Crippen LogP contribution in [-0.2, 0) is 4.79 Å². The summed E-state index contributed by atoms with van der Waals surface area (Å²) in [6.07, 6.45) is 0. The van der Waals surface area contributed by atoms with E-state index in [1.54, 1.807) is 18.2 Å². The first-order valence-corrected chi connectivity index (χ1v) is 6.52. The summed E-state index contributed by atoms with van der Waals surface area (Å²) >= 11 is 5.62. The maximum Gasteiger partial charge on any atom is 0.276 e. The number of nitrogens with zero attached hydrogens (tertiary/aromatic N) is 2. The van der Waals surface area contributed by atoms with Crippen LogP contribution in [0.4, 0.5) is 11.4 Å². The van der Waals surface area contributed by atoms with E-state index in [1.165, 1.54) is 19.1 Å². The van der Waals surface area contributed by atoms with Crippen molar-refractivity contribution in [3.05, 3.63) is 46.7 Å². The van der Waals surface area contributed by atoms with Crippen LogP contribution in [-0.4, -0.2) is 22.0 Å². The SMILES string of the molecule is CC(=O)Nc1ccc(NC(=O)c2ccc(Cl)nn2)cc1C. The van der Waals surface area contributed by atoms with Gasteiger partial charge in [-0.05, 0) is 42.8 Å². The summed E-state index contributed by atoms with van der Waals surface area (Å²) in [5.41, 5.74) is 2.31. The summed E-state index contributed by atoms with van der Waals surface area (Å²) in [4.78, 5) is 23.0. The molecule has 1 heterocycles. The third-order valence-corrected chi connectivity index (χ3v) is 2.86. The van der Waals surface area contributed by atoms with Crippen molar-refractivity contribution in [3.63, 3.8) is 0 Å². The number of carbonyl (C=O) groups is 2. The fraction of sp³-hybridized carbons (Fsp3) is 0.143. The second-order valence-electron chi connectivity index (χ2n) is 4.41. The largest absolute Gasteiger partial charge is 0.326 e. The molecule has 2 aromatic rings. The number of aromatic nitrogens is 2. The number of hydrogen-bond donors (Lipinski definition) is 2. The number of halogens is 1. The van der Waals surface area contributed by atoms with Gasteiger partial charge in [0.1, 0.15) is 0 Å². The maximum absolute atomic E-state index is 12.0. The van der Waals surface area contributed by atoms with E-state index in [4.69, 9.17) is 11.6 Å². The van der Waals surface area contributed by atoms with Crippen LogP contribution in [0.25, 0.3) is 0 Å². The van der Waals surface area contributed by atoms with Gasteiger partial charge in [-0.3, -0.25) is 9.59 Å². The molecule has 21 heavy (non-hydrogen) atoms.